The lowest BCUT2D eigenvalue weighted by molar-refractivity contribution is 0.0267. The molecular weight excluding hydrogens is 476 g/mol. The van der Waals surface area contributed by atoms with Gasteiger partial charge in [0.2, 0.25) is 5.95 Å². The summed E-state index contributed by atoms with van der Waals surface area (Å²) < 4.78 is 0. The first-order valence-corrected chi connectivity index (χ1v) is 15.4. The van der Waals surface area contributed by atoms with Crippen LogP contribution < -0.4 is 5.32 Å². The average Bonchev–Trinajstić information content (AvgIpc) is 2.85. The minimum Gasteiger partial charge on any atom is -0.393 e. The summed E-state index contributed by atoms with van der Waals surface area (Å²) in [7, 11) is 0. The lowest BCUT2D eigenvalue weighted by Crippen LogP contribution is -2.49. The first-order chi connectivity index (χ1) is 17.7. The Morgan fingerprint density at radius 1 is 1.05 bits per heavy atom. The van der Waals surface area contributed by atoms with E-state index in [1.54, 1.807) is 0 Å². The van der Waals surface area contributed by atoms with E-state index in [4.69, 9.17) is 4.98 Å². The van der Waals surface area contributed by atoms with Crippen molar-refractivity contribution in [3.63, 3.8) is 0 Å². The van der Waals surface area contributed by atoms with Crippen LogP contribution in [0, 0.1) is 12.3 Å². The van der Waals surface area contributed by atoms with E-state index in [-0.39, 0.29) is 6.10 Å². The fourth-order valence-electron chi connectivity index (χ4n) is 6.66. The third-order valence-corrected chi connectivity index (χ3v) is 10.4. The number of aliphatic hydroxyl groups is 1. The number of likely N-dealkylation sites (tertiary alicyclic amines) is 1. The van der Waals surface area contributed by atoms with Crippen molar-refractivity contribution in [2.45, 2.75) is 120 Å². The zero-order chi connectivity index (χ0) is 26.2. The van der Waals surface area contributed by atoms with Crippen LogP contribution >= 0.6 is 11.8 Å². The van der Waals surface area contributed by atoms with Crippen molar-refractivity contribution in [1.29, 1.82) is 0 Å². The predicted molar refractivity (Wildman–Crippen MR) is 155 cm³/mol. The van der Waals surface area contributed by atoms with Crippen LogP contribution in [-0.2, 0) is 0 Å². The third-order valence-electron chi connectivity index (χ3n) is 9.21. The summed E-state index contributed by atoms with van der Waals surface area (Å²) in [6, 6.07) is 7.47. The Morgan fingerprint density at radius 3 is 2.38 bits per heavy atom. The second-order valence-electron chi connectivity index (χ2n) is 12.6. The van der Waals surface area contributed by atoms with Crippen LogP contribution in [-0.4, -0.2) is 50.5 Å². The van der Waals surface area contributed by atoms with Gasteiger partial charge in [0.05, 0.1) is 11.8 Å². The molecule has 6 heteroatoms. The van der Waals surface area contributed by atoms with Gasteiger partial charge in [0.15, 0.2) is 0 Å². The number of nitrogens with one attached hydrogen (secondary N) is 1. The number of hydrogen-bond donors (Lipinski definition) is 2. The molecule has 1 aromatic heterocycles. The summed E-state index contributed by atoms with van der Waals surface area (Å²) in [5.74, 6) is 1.48. The number of aryl methyl sites for hydroxylation is 1. The minimum absolute atomic E-state index is 0.152. The summed E-state index contributed by atoms with van der Waals surface area (Å²) in [5.41, 5.74) is 5.35. The molecule has 5 nitrogen and oxygen atoms in total. The Balaban J connectivity index is 1.20. The monoisotopic (exact) mass is 522 g/mol. The summed E-state index contributed by atoms with van der Waals surface area (Å²) in [6.07, 6.45) is 11.1. The van der Waals surface area contributed by atoms with Gasteiger partial charge in [-0.05, 0) is 126 Å². The maximum atomic E-state index is 9.97. The van der Waals surface area contributed by atoms with Crippen molar-refractivity contribution < 1.29 is 5.11 Å². The quantitative estimate of drug-likeness (QED) is 0.395. The van der Waals surface area contributed by atoms with Crippen LogP contribution in [0.25, 0.3) is 0 Å². The maximum Gasteiger partial charge on any atom is 0.227 e. The number of thioether (sulfide) groups is 1. The Kier molecular flexibility index (Phi) is 8.18. The molecular formula is C31H46N4OS. The normalized spacial score (nSPS) is 24.5. The Bertz CT molecular complexity index is 1060. The van der Waals surface area contributed by atoms with Gasteiger partial charge in [-0.3, -0.25) is 0 Å². The Labute approximate surface area is 228 Å². The van der Waals surface area contributed by atoms with Crippen molar-refractivity contribution in [3.8, 4) is 0 Å². The van der Waals surface area contributed by atoms with E-state index in [1.807, 2.05) is 6.20 Å². The molecule has 0 unspecified atom stereocenters. The average molecular weight is 523 g/mol. The molecule has 1 aliphatic heterocycles. The van der Waals surface area contributed by atoms with E-state index >= 15 is 0 Å². The SMILES string of the molecule is Cc1cc(SC2CC3(CCN(C(C)C)CC3)C2)ccc1Nc1ncc(C(C)C)c(C2CCC(O)CC2)n1. The smallest absolute Gasteiger partial charge is 0.227 e. The lowest BCUT2D eigenvalue weighted by Gasteiger charge is -2.52. The zero-order valence-electron chi connectivity index (χ0n) is 23.5. The number of aliphatic hydroxyl groups excluding tert-OH is 1. The molecule has 5 rings (SSSR count). The van der Waals surface area contributed by atoms with Crippen LogP contribution in [0.1, 0.15) is 108 Å². The van der Waals surface area contributed by atoms with Gasteiger partial charge in [-0.15, -0.1) is 11.8 Å². The van der Waals surface area contributed by atoms with Crippen LogP contribution in [0.3, 0.4) is 0 Å². The molecule has 37 heavy (non-hydrogen) atoms. The highest BCUT2D eigenvalue weighted by atomic mass is 32.2. The zero-order valence-corrected chi connectivity index (χ0v) is 24.3. The van der Waals surface area contributed by atoms with E-state index in [2.05, 4.69) is 79.8 Å². The summed E-state index contributed by atoms with van der Waals surface area (Å²) in [4.78, 5) is 13.7. The van der Waals surface area contributed by atoms with Crippen LogP contribution in [0.2, 0.25) is 0 Å². The van der Waals surface area contributed by atoms with Crippen molar-refractivity contribution in [2.24, 2.45) is 5.41 Å². The second-order valence-corrected chi connectivity index (χ2v) is 13.9. The Morgan fingerprint density at radius 2 is 1.76 bits per heavy atom. The molecule has 2 heterocycles. The first kappa shape index (κ1) is 27.0. The van der Waals surface area contributed by atoms with Crippen LogP contribution in [0.15, 0.2) is 29.3 Å². The summed E-state index contributed by atoms with van der Waals surface area (Å²) in [6.45, 7) is 13.8. The fraction of sp³-hybridized carbons (Fsp3) is 0.677. The van der Waals surface area contributed by atoms with Crippen molar-refractivity contribution in [3.05, 3.63) is 41.2 Å². The largest absolute Gasteiger partial charge is 0.393 e. The van der Waals surface area contributed by atoms with Crippen molar-refractivity contribution in [1.82, 2.24) is 14.9 Å². The molecule has 2 saturated carbocycles. The summed E-state index contributed by atoms with van der Waals surface area (Å²) >= 11 is 2.07. The highest BCUT2D eigenvalue weighted by Gasteiger charge is 2.46. The van der Waals surface area contributed by atoms with Gasteiger partial charge in [0, 0.05) is 34.0 Å². The van der Waals surface area contributed by atoms with Gasteiger partial charge < -0.3 is 15.3 Å². The number of hydrogen-bond acceptors (Lipinski definition) is 6. The third kappa shape index (κ3) is 6.17. The van der Waals surface area contributed by atoms with Gasteiger partial charge in [-0.2, -0.15) is 0 Å². The maximum absolute atomic E-state index is 9.97. The van der Waals surface area contributed by atoms with Gasteiger partial charge in [-0.1, -0.05) is 13.8 Å². The summed E-state index contributed by atoms with van der Waals surface area (Å²) in [5, 5.41) is 14.2. The second kappa shape index (κ2) is 11.2. The number of anilines is 2. The van der Waals surface area contributed by atoms with E-state index in [0.717, 1.165) is 36.6 Å². The van der Waals surface area contributed by atoms with Crippen LogP contribution in [0.4, 0.5) is 11.6 Å². The molecule has 1 aromatic carbocycles. The Hall–Kier alpha value is -1.63. The molecule has 2 aromatic rings. The molecule has 202 valence electrons. The van der Waals surface area contributed by atoms with Gasteiger partial charge in [0.25, 0.3) is 0 Å². The van der Waals surface area contributed by atoms with Crippen molar-refractivity contribution >= 4 is 23.4 Å². The molecule has 2 aliphatic carbocycles. The van der Waals surface area contributed by atoms with Gasteiger partial charge in [0.1, 0.15) is 0 Å². The van der Waals surface area contributed by atoms with E-state index in [9.17, 15) is 5.11 Å². The molecule has 0 atom stereocenters. The predicted octanol–water partition coefficient (Wildman–Crippen LogP) is 7.42. The molecule has 0 amide bonds. The number of benzene rings is 1. The van der Waals surface area contributed by atoms with Gasteiger partial charge in [-0.25, -0.2) is 9.97 Å². The number of rotatable bonds is 7. The topological polar surface area (TPSA) is 61.3 Å². The molecule has 2 N–H and O–H groups in total. The van der Waals surface area contributed by atoms with E-state index < -0.39 is 0 Å². The van der Waals surface area contributed by atoms with Gasteiger partial charge >= 0.3 is 0 Å². The van der Waals surface area contributed by atoms with Crippen LogP contribution in [0.5, 0.6) is 0 Å². The van der Waals surface area contributed by atoms with E-state index in [1.165, 1.54) is 60.5 Å². The lowest BCUT2D eigenvalue weighted by atomic mass is 9.63. The molecule has 0 bridgehead atoms. The highest BCUT2D eigenvalue weighted by molar-refractivity contribution is 8.00. The molecule has 1 saturated heterocycles. The number of aromatic nitrogens is 2. The molecule has 1 spiro atoms. The standard InChI is InChI=1S/C31H46N4OS/c1-20(2)27-19-32-30(34-29(27)23-6-8-24(36)9-7-23)33-28-11-10-25(16-22(28)5)37-26-17-31(18-26)12-14-35(15-13-31)21(3)4/h10-11,16,19-21,23-24,26,36H,6-9,12-15,17-18H2,1-5H3,(H,32,33,34). The molecule has 0 radical (unpaired) electrons. The number of piperidine rings is 1. The minimum atomic E-state index is -0.152. The van der Waals surface area contributed by atoms with E-state index in [0.29, 0.717) is 29.2 Å². The first-order valence-electron chi connectivity index (χ1n) is 14.5. The molecule has 3 fully saturated rings. The fourth-order valence-corrected chi connectivity index (χ4v) is 8.31. The number of nitrogens with zero attached hydrogens (tertiary/aromatic N) is 3. The highest BCUT2D eigenvalue weighted by Crippen LogP contribution is 2.55. The molecule has 3 aliphatic rings. The van der Waals surface area contributed by atoms with Crippen molar-refractivity contribution in [2.75, 3.05) is 18.4 Å².